The zero-order chi connectivity index (χ0) is 20.6. The summed E-state index contributed by atoms with van der Waals surface area (Å²) in [6.45, 7) is 10.1. The van der Waals surface area contributed by atoms with Gasteiger partial charge < -0.3 is 24.5 Å². The van der Waals surface area contributed by atoms with Gasteiger partial charge in [-0.1, -0.05) is 33.8 Å². The summed E-state index contributed by atoms with van der Waals surface area (Å²) >= 11 is 0. The summed E-state index contributed by atoms with van der Waals surface area (Å²) in [5.74, 6) is 3.65. The molecule has 0 radical (unpaired) electrons. The maximum absolute atomic E-state index is 5.79. The molecule has 0 amide bonds. The lowest BCUT2D eigenvalue weighted by molar-refractivity contribution is 0.294. The summed E-state index contributed by atoms with van der Waals surface area (Å²) in [5.41, 5.74) is 1.01. The van der Waals surface area contributed by atoms with E-state index >= 15 is 0 Å². The average molecular weight is 516 g/mol. The number of aliphatic imine (C=N–C) groups is 1. The summed E-state index contributed by atoms with van der Waals surface area (Å²) in [7, 11) is 3.38. The van der Waals surface area contributed by atoms with E-state index in [0.29, 0.717) is 31.5 Å². The quantitative estimate of drug-likeness (QED) is 0.310. The van der Waals surface area contributed by atoms with Gasteiger partial charge in [-0.2, -0.15) is 0 Å². The Kier molecular flexibility index (Phi) is 10.3. The van der Waals surface area contributed by atoms with Crippen LogP contribution in [-0.2, 0) is 18.5 Å². The van der Waals surface area contributed by atoms with Crippen LogP contribution in [0.4, 0.5) is 0 Å². The number of aromatic nitrogens is 1. The van der Waals surface area contributed by atoms with Crippen molar-refractivity contribution in [3.8, 4) is 11.5 Å². The molecule has 2 N–H and O–H groups in total. The molecule has 7 nitrogen and oxygen atoms in total. The molecule has 0 unspecified atom stereocenters. The molecule has 0 saturated carbocycles. The van der Waals surface area contributed by atoms with Gasteiger partial charge in [0.2, 0.25) is 5.89 Å². The number of nitrogens with one attached hydrogen (secondary N) is 2. The van der Waals surface area contributed by atoms with Gasteiger partial charge in [0.25, 0.3) is 0 Å². The molecule has 1 aromatic carbocycles. The number of hydrogen-bond acceptors (Lipinski definition) is 5. The summed E-state index contributed by atoms with van der Waals surface area (Å²) in [4.78, 5) is 8.57. The predicted molar refractivity (Wildman–Crippen MR) is 126 cm³/mol. The SMILES string of the molecule is CCCOc1ccc(CNC(=NC)NCc2ncc(C(C)(C)C)o2)cc1OC.I. The van der Waals surface area contributed by atoms with Gasteiger partial charge in [0.1, 0.15) is 5.76 Å². The van der Waals surface area contributed by atoms with Crippen LogP contribution in [0.2, 0.25) is 0 Å². The highest BCUT2D eigenvalue weighted by Gasteiger charge is 2.19. The number of nitrogens with zero attached hydrogens (tertiary/aromatic N) is 2. The van der Waals surface area contributed by atoms with E-state index in [0.717, 1.165) is 29.2 Å². The number of hydrogen-bond donors (Lipinski definition) is 2. The molecule has 8 heteroatoms. The van der Waals surface area contributed by atoms with Crippen LogP contribution >= 0.6 is 24.0 Å². The number of oxazole rings is 1. The van der Waals surface area contributed by atoms with E-state index in [1.54, 1.807) is 20.4 Å². The van der Waals surface area contributed by atoms with Crippen molar-refractivity contribution >= 4 is 29.9 Å². The van der Waals surface area contributed by atoms with Crippen molar-refractivity contribution in [2.24, 2.45) is 4.99 Å². The fraction of sp³-hybridized carbons (Fsp3) is 0.524. The van der Waals surface area contributed by atoms with Crippen molar-refractivity contribution in [3.63, 3.8) is 0 Å². The van der Waals surface area contributed by atoms with Crippen molar-refractivity contribution in [3.05, 3.63) is 41.6 Å². The molecule has 1 heterocycles. The van der Waals surface area contributed by atoms with Crippen LogP contribution in [-0.4, -0.2) is 31.7 Å². The zero-order valence-corrected chi connectivity index (χ0v) is 20.5. The first kappa shape index (κ1) is 25.1. The third-order valence-electron chi connectivity index (χ3n) is 4.07. The van der Waals surface area contributed by atoms with E-state index in [9.17, 15) is 0 Å². The highest BCUT2D eigenvalue weighted by atomic mass is 127. The van der Waals surface area contributed by atoms with E-state index in [-0.39, 0.29) is 29.4 Å². The molecule has 0 aliphatic carbocycles. The Bertz CT molecular complexity index is 784. The van der Waals surface area contributed by atoms with Crippen LogP contribution in [0.1, 0.15) is 51.3 Å². The van der Waals surface area contributed by atoms with Gasteiger partial charge in [-0.3, -0.25) is 4.99 Å². The smallest absolute Gasteiger partial charge is 0.213 e. The summed E-state index contributed by atoms with van der Waals surface area (Å²) < 4.78 is 16.9. The van der Waals surface area contributed by atoms with Crippen molar-refractivity contribution < 1.29 is 13.9 Å². The second-order valence-electron chi connectivity index (χ2n) is 7.48. The molecule has 0 bridgehead atoms. The molecular formula is C21H33IN4O3. The van der Waals surface area contributed by atoms with Crippen molar-refractivity contribution in [1.29, 1.82) is 0 Å². The van der Waals surface area contributed by atoms with Gasteiger partial charge in [0, 0.05) is 19.0 Å². The van der Waals surface area contributed by atoms with Crippen molar-refractivity contribution in [2.75, 3.05) is 20.8 Å². The minimum atomic E-state index is -0.0583. The molecule has 0 spiro atoms. The molecule has 0 aliphatic heterocycles. The van der Waals surface area contributed by atoms with Gasteiger partial charge >= 0.3 is 0 Å². The maximum atomic E-state index is 5.79. The van der Waals surface area contributed by atoms with Crippen LogP contribution in [0.3, 0.4) is 0 Å². The minimum absolute atomic E-state index is 0. The molecule has 0 aliphatic rings. The highest BCUT2D eigenvalue weighted by molar-refractivity contribution is 14.0. The van der Waals surface area contributed by atoms with Crippen LogP contribution < -0.4 is 20.1 Å². The Morgan fingerprint density at radius 3 is 2.48 bits per heavy atom. The molecule has 162 valence electrons. The van der Waals surface area contributed by atoms with E-state index < -0.39 is 0 Å². The van der Waals surface area contributed by atoms with E-state index in [2.05, 4.69) is 48.3 Å². The number of methoxy groups -OCH3 is 1. The highest BCUT2D eigenvalue weighted by Crippen LogP contribution is 2.28. The topological polar surface area (TPSA) is 80.9 Å². The normalized spacial score (nSPS) is 11.6. The number of rotatable bonds is 8. The maximum Gasteiger partial charge on any atom is 0.213 e. The monoisotopic (exact) mass is 516 g/mol. The van der Waals surface area contributed by atoms with Crippen molar-refractivity contribution in [1.82, 2.24) is 15.6 Å². The van der Waals surface area contributed by atoms with Gasteiger partial charge in [-0.25, -0.2) is 4.98 Å². The Morgan fingerprint density at radius 1 is 1.17 bits per heavy atom. The van der Waals surface area contributed by atoms with Crippen molar-refractivity contribution in [2.45, 2.75) is 52.6 Å². The molecule has 0 fully saturated rings. The molecule has 0 atom stereocenters. The first-order valence-electron chi connectivity index (χ1n) is 9.56. The van der Waals surface area contributed by atoms with Crippen LogP contribution in [0.5, 0.6) is 11.5 Å². The predicted octanol–water partition coefficient (Wildman–Crippen LogP) is 4.25. The molecule has 2 aromatic rings. The average Bonchev–Trinajstić information content (AvgIpc) is 3.16. The summed E-state index contributed by atoms with van der Waals surface area (Å²) in [5, 5.41) is 6.50. The molecule has 1 aromatic heterocycles. The Labute approximate surface area is 190 Å². The lowest BCUT2D eigenvalue weighted by atomic mass is 9.94. The van der Waals surface area contributed by atoms with E-state index in [1.807, 2.05) is 18.2 Å². The Morgan fingerprint density at radius 2 is 1.90 bits per heavy atom. The summed E-state index contributed by atoms with van der Waals surface area (Å²) in [6.07, 6.45) is 2.73. The van der Waals surface area contributed by atoms with Gasteiger partial charge in [0.05, 0.1) is 26.5 Å². The van der Waals surface area contributed by atoms with E-state index in [1.165, 1.54) is 0 Å². The van der Waals surface area contributed by atoms with E-state index in [4.69, 9.17) is 13.9 Å². The Balaban J connectivity index is 0.00000420. The van der Waals surface area contributed by atoms with Crippen LogP contribution in [0.15, 0.2) is 33.8 Å². The lowest BCUT2D eigenvalue weighted by Gasteiger charge is -2.14. The third-order valence-corrected chi connectivity index (χ3v) is 4.07. The third kappa shape index (κ3) is 7.75. The van der Waals surface area contributed by atoms with Crippen LogP contribution in [0, 0.1) is 0 Å². The Hall–Kier alpha value is -1.97. The molecular weight excluding hydrogens is 483 g/mol. The fourth-order valence-electron chi connectivity index (χ4n) is 2.46. The number of ether oxygens (including phenoxy) is 2. The first-order chi connectivity index (χ1) is 13.4. The largest absolute Gasteiger partial charge is 0.493 e. The van der Waals surface area contributed by atoms with Gasteiger partial charge in [-0.05, 0) is 24.1 Å². The number of benzene rings is 1. The molecule has 0 saturated heterocycles. The second kappa shape index (κ2) is 11.9. The van der Waals surface area contributed by atoms with Crippen LogP contribution in [0.25, 0.3) is 0 Å². The molecule has 2 rings (SSSR count). The summed E-state index contributed by atoms with van der Waals surface area (Å²) in [6, 6.07) is 5.91. The molecule has 29 heavy (non-hydrogen) atoms. The zero-order valence-electron chi connectivity index (χ0n) is 18.2. The lowest BCUT2D eigenvalue weighted by Crippen LogP contribution is -2.36. The van der Waals surface area contributed by atoms with Gasteiger partial charge in [0.15, 0.2) is 17.5 Å². The fourth-order valence-corrected chi connectivity index (χ4v) is 2.46. The van der Waals surface area contributed by atoms with Gasteiger partial charge in [-0.15, -0.1) is 24.0 Å². The first-order valence-corrected chi connectivity index (χ1v) is 9.56. The number of halogens is 1. The minimum Gasteiger partial charge on any atom is -0.493 e. The second-order valence-corrected chi connectivity index (χ2v) is 7.48. The standard InChI is InChI=1S/C21H32N4O3.HI/c1-7-10-27-16-9-8-15(11-17(16)26-6)12-24-20(22-5)25-14-19-23-13-18(28-19)21(2,3)4;/h8-9,11,13H,7,10,12,14H2,1-6H3,(H2,22,24,25);1H. The number of guanidine groups is 1.